The van der Waals surface area contributed by atoms with Crippen LogP contribution in [0, 0.1) is 0 Å². The van der Waals surface area contributed by atoms with E-state index in [1.807, 2.05) is 30.3 Å². The predicted octanol–water partition coefficient (Wildman–Crippen LogP) is 12.6. The van der Waals surface area contributed by atoms with Crippen LogP contribution in [-0.2, 0) is 0 Å². The summed E-state index contributed by atoms with van der Waals surface area (Å²) in [5, 5.41) is 4.70. The first-order valence-electron chi connectivity index (χ1n) is 16.2. The number of benzene rings is 8. The molecule has 3 heteroatoms. The average molecular weight is 615 g/mol. The highest BCUT2D eigenvalue weighted by atomic mass is 16.3. The molecule has 3 nitrogen and oxygen atoms in total. The Bertz CT molecular complexity index is 2540. The van der Waals surface area contributed by atoms with Crippen LogP contribution >= 0.6 is 0 Å². The van der Waals surface area contributed by atoms with Crippen molar-refractivity contribution in [1.29, 1.82) is 0 Å². The van der Waals surface area contributed by atoms with Gasteiger partial charge in [0.15, 0.2) is 5.58 Å². The van der Waals surface area contributed by atoms with Crippen molar-refractivity contribution in [3.8, 4) is 33.7 Å². The molecule has 0 aliphatic heterocycles. The van der Waals surface area contributed by atoms with Crippen LogP contribution in [0.15, 0.2) is 186 Å². The highest BCUT2D eigenvalue weighted by Crippen LogP contribution is 2.39. The minimum Gasteiger partial charge on any atom is -0.435 e. The molecule has 0 spiro atoms. The van der Waals surface area contributed by atoms with E-state index in [1.165, 1.54) is 21.9 Å². The van der Waals surface area contributed by atoms with Crippen molar-refractivity contribution in [3.63, 3.8) is 0 Å². The summed E-state index contributed by atoms with van der Waals surface area (Å²) >= 11 is 0. The number of anilines is 3. The number of nitrogens with zero attached hydrogens (tertiary/aromatic N) is 2. The molecule has 0 N–H and O–H groups in total. The number of aromatic nitrogens is 1. The molecule has 1 heterocycles. The fourth-order valence-electron chi connectivity index (χ4n) is 6.69. The number of rotatable bonds is 6. The summed E-state index contributed by atoms with van der Waals surface area (Å²) in [5.74, 6) is 0.638. The van der Waals surface area contributed by atoms with Crippen molar-refractivity contribution in [2.45, 2.75) is 0 Å². The fourth-order valence-corrected chi connectivity index (χ4v) is 6.69. The summed E-state index contributed by atoms with van der Waals surface area (Å²) in [6.45, 7) is 0. The zero-order valence-electron chi connectivity index (χ0n) is 26.1. The number of fused-ring (bicyclic) bond motifs is 4. The smallest absolute Gasteiger partial charge is 0.227 e. The first-order chi connectivity index (χ1) is 23.8. The molecule has 0 saturated heterocycles. The largest absolute Gasteiger partial charge is 0.435 e. The second-order valence-electron chi connectivity index (χ2n) is 12.0. The maximum absolute atomic E-state index is 6.34. The molecular weight excluding hydrogens is 585 g/mol. The molecule has 226 valence electrons. The molecule has 0 unspecified atom stereocenters. The van der Waals surface area contributed by atoms with Gasteiger partial charge in [-0.1, -0.05) is 121 Å². The Morgan fingerprint density at radius 3 is 1.77 bits per heavy atom. The SMILES string of the molecule is c1ccc(-c2nc3ccc4c(-c5ccc(N(c6ccccc6)c6ccc(-c7ccc8ccccc8c7)cc6)cc5)cccc4c3o2)cc1. The lowest BCUT2D eigenvalue weighted by Crippen LogP contribution is -2.09. The Morgan fingerprint density at radius 2 is 1.02 bits per heavy atom. The monoisotopic (exact) mass is 614 g/mol. The Morgan fingerprint density at radius 1 is 0.396 bits per heavy atom. The Labute approximate surface area is 279 Å². The van der Waals surface area contributed by atoms with Crippen molar-refractivity contribution in [3.05, 3.63) is 182 Å². The van der Waals surface area contributed by atoms with E-state index in [9.17, 15) is 0 Å². The Kier molecular flexibility index (Phi) is 6.80. The van der Waals surface area contributed by atoms with Crippen LogP contribution in [0.5, 0.6) is 0 Å². The van der Waals surface area contributed by atoms with Crippen LogP contribution in [0.1, 0.15) is 0 Å². The third-order valence-electron chi connectivity index (χ3n) is 9.09. The van der Waals surface area contributed by atoms with E-state index in [2.05, 4.69) is 157 Å². The van der Waals surface area contributed by atoms with E-state index in [-0.39, 0.29) is 0 Å². The molecule has 0 atom stereocenters. The minimum absolute atomic E-state index is 0.638. The zero-order valence-corrected chi connectivity index (χ0v) is 26.1. The Balaban J connectivity index is 1.07. The van der Waals surface area contributed by atoms with Gasteiger partial charge >= 0.3 is 0 Å². The normalized spacial score (nSPS) is 11.3. The van der Waals surface area contributed by atoms with Crippen LogP contribution in [0.4, 0.5) is 17.1 Å². The van der Waals surface area contributed by atoms with E-state index in [0.717, 1.165) is 55.6 Å². The Hall–Kier alpha value is -6.45. The molecule has 9 aromatic rings. The molecule has 0 radical (unpaired) electrons. The second-order valence-corrected chi connectivity index (χ2v) is 12.0. The van der Waals surface area contributed by atoms with Gasteiger partial charge in [-0.15, -0.1) is 0 Å². The maximum atomic E-state index is 6.34. The van der Waals surface area contributed by atoms with Crippen molar-refractivity contribution >= 4 is 49.7 Å². The average Bonchev–Trinajstić information content (AvgIpc) is 3.61. The molecular formula is C45H30N2O. The molecule has 0 aliphatic carbocycles. The van der Waals surface area contributed by atoms with Gasteiger partial charge in [-0.3, -0.25) is 0 Å². The van der Waals surface area contributed by atoms with Gasteiger partial charge in [0.25, 0.3) is 0 Å². The minimum atomic E-state index is 0.638. The molecule has 48 heavy (non-hydrogen) atoms. The summed E-state index contributed by atoms with van der Waals surface area (Å²) in [5.41, 5.74) is 10.7. The first-order valence-corrected chi connectivity index (χ1v) is 16.2. The van der Waals surface area contributed by atoms with Crippen molar-refractivity contribution in [1.82, 2.24) is 4.98 Å². The van der Waals surface area contributed by atoms with Gasteiger partial charge < -0.3 is 9.32 Å². The number of oxazole rings is 1. The van der Waals surface area contributed by atoms with Crippen LogP contribution in [0.2, 0.25) is 0 Å². The first kappa shape index (κ1) is 27.8. The van der Waals surface area contributed by atoms with Crippen LogP contribution < -0.4 is 4.90 Å². The van der Waals surface area contributed by atoms with Gasteiger partial charge in [-0.05, 0) is 99.1 Å². The molecule has 0 bridgehead atoms. The number of hydrogen-bond donors (Lipinski definition) is 0. The summed E-state index contributed by atoms with van der Waals surface area (Å²) in [6.07, 6.45) is 0. The molecule has 1 aromatic heterocycles. The third-order valence-corrected chi connectivity index (χ3v) is 9.09. The quantitative estimate of drug-likeness (QED) is 0.187. The molecule has 8 aromatic carbocycles. The third kappa shape index (κ3) is 4.99. The summed E-state index contributed by atoms with van der Waals surface area (Å²) in [4.78, 5) is 7.09. The van der Waals surface area contributed by atoms with E-state index >= 15 is 0 Å². The van der Waals surface area contributed by atoms with E-state index in [4.69, 9.17) is 9.40 Å². The molecule has 0 saturated carbocycles. The summed E-state index contributed by atoms with van der Waals surface area (Å²) < 4.78 is 6.34. The predicted molar refractivity (Wildman–Crippen MR) is 200 cm³/mol. The van der Waals surface area contributed by atoms with Gasteiger partial charge in [-0.2, -0.15) is 0 Å². The lowest BCUT2D eigenvalue weighted by Gasteiger charge is -2.26. The standard InChI is InChI=1S/C45H30N2O/c1-3-11-34(12-4-1)45-46-43-29-28-41-40(16-9-17-42(41)44(43)48-45)33-22-26-39(27-23-33)47(37-14-5-2-6-15-37)38-24-20-32(21-25-38)36-19-18-31-10-7-8-13-35(31)30-36/h1-30H. The number of hydrogen-bond acceptors (Lipinski definition) is 3. The molecule has 0 aliphatic rings. The topological polar surface area (TPSA) is 29.3 Å². The van der Waals surface area contributed by atoms with Gasteiger partial charge in [0.1, 0.15) is 5.52 Å². The highest BCUT2D eigenvalue weighted by molar-refractivity contribution is 6.09. The van der Waals surface area contributed by atoms with Crippen molar-refractivity contribution in [2.75, 3.05) is 4.90 Å². The molecule has 0 fully saturated rings. The lowest BCUT2D eigenvalue weighted by molar-refractivity contribution is 0.623. The van der Waals surface area contributed by atoms with Crippen molar-refractivity contribution < 1.29 is 4.42 Å². The van der Waals surface area contributed by atoms with E-state index in [1.54, 1.807) is 0 Å². The lowest BCUT2D eigenvalue weighted by atomic mass is 9.97. The molecule has 9 rings (SSSR count). The van der Waals surface area contributed by atoms with Crippen molar-refractivity contribution in [2.24, 2.45) is 0 Å². The highest BCUT2D eigenvalue weighted by Gasteiger charge is 2.16. The zero-order chi connectivity index (χ0) is 31.9. The van der Waals surface area contributed by atoms with Gasteiger partial charge in [-0.25, -0.2) is 4.98 Å². The van der Waals surface area contributed by atoms with Crippen LogP contribution in [0.25, 0.3) is 66.4 Å². The van der Waals surface area contributed by atoms with Gasteiger partial charge in [0.05, 0.1) is 0 Å². The maximum Gasteiger partial charge on any atom is 0.227 e. The second kappa shape index (κ2) is 11.7. The number of para-hydroxylation sites is 1. The van der Waals surface area contributed by atoms with Gasteiger partial charge in [0.2, 0.25) is 5.89 Å². The fraction of sp³-hybridized carbons (Fsp3) is 0. The molecule has 0 amide bonds. The van der Waals surface area contributed by atoms with Crippen LogP contribution in [0.3, 0.4) is 0 Å². The van der Waals surface area contributed by atoms with Crippen LogP contribution in [-0.4, -0.2) is 4.98 Å². The summed E-state index contributed by atoms with van der Waals surface area (Å²) in [7, 11) is 0. The van der Waals surface area contributed by atoms with Gasteiger partial charge in [0, 0.05) is 28.0 Å². The summed E-state index contributed by atoms with van der Waals surface area (Å²) in [6, 6.07) is 64.1. The van der Waals surface area contributed by atoms with E-state index < -0.39 is 0 Å². The van der Waals surface area contributed by atoms with E-state index in [0.29, 0.717) is 5.89 Å².